The summed E-state index contributed by atoms with van der Waals surface area (Å²) in [6.07, 6.45) is 0. The van der Waals surface area contributed by atoms with Crippen LogP contribution < -0.4 is 5.32 Å². The van der Waals surface area contributed by atoms with Crippen molar-refractivity contribution in [1.29, 1.82) is 0 Å². The Morgan fingerprint density at radius 1 is 1.10 bits per heavy atom. The summed E-state index contributed by atoms with van der Waals surface area (Å²) in [4.78, 5) is 23.3. The van der Waals surface area contributed by atoms with E-state index >= 15 is 0 Å². The number of anilines is 1. The number of carbonyl (C=O) groups is 2. The number of amides is 1. The van der Waals surface area contributed by atoms with E-state index in [2.05, 4.69) is 5.32 Å². The van der Waals surface area contributed by atoms with Gasteiger partial charge in [-0.25, -0.2) is 0 Å². The zero-order valence-electron chi connectivity index (χ0n) is 10.7. The smallest absolute Gasteiger partial charge is 0.221 e. The van der Waals surface area contributed by atoms with E-state index in [4.69, 9.17) is 11.6 Å². The summed E-state index contributed by atoms with van der Waals surface area (Å²) < 4.78 is 0. The van der Waals surface area contributed by atoms with Gasteiger partial charge in [0, 0.05) is 23.2 Å². The molecule has 2 aromatic carbocycles. The van der Waals surface area contributed by atoms with Gasteiger partial charge < -0.3 is 10.4 Å². The molecule has 2 rings (SSSR count). The molecule has 20 heavy (non-hydrogen) atoms. The zero-order valence-corrected chi connectivity index (χ0v) is 11.4. The molecule has 0 aliphatic rings. The van der Waals surface area contributed by atoms with Crippen LogP contribution in [0.4, 0.5) is 5.69 Å². The van der Waals surface area contributed by atoms with Gasteiger partial charge in [-0.3, -0.25) is 9.59 Å². The van der Waals surface area contributed by atoms with E-state index in [9.17, 15) is 14.7 Å². The third-order valence-corrected chi connectivity index (χ3v) is 2.92. The van der Waals surface area contributed by atoms with Gasteiger partial charge in [-0.2, -0.15) is 0 Å². The zero-order chi connectivity index (χ0) is 14.7. The van der Waals surface area contributed by atoms with Crippen LogP contribution >= 0.6 is 11.6 Å². The minimum Gasteiger partial charge on any atom is -0.507 e. The van der Waals surface area contributed by atoms with E-state index in [1.807, 2.05) is 0 Å². The van der Waals surface area contributed by atoms with E-state index in [-0.39, 0.29) is 23.0 Å². The van der Waals surface area contributed by atoms with Crippen LogP contribution in [-0.4, -0.2) is 16.8 Å². The summed E-state index contributed by atoms with van der Waals surface area (Å²) >= 11 is 5.77. The Kier molecular flexibility index (Phi) is 4.05. The third-order valence-electron chi connectivity index (χ3n) is 2.67. The highest BCUT2D eigenvalue weighted by Crippen LogP contribution is 2.25. The number of hydrogen-bond donors (Lipinski definition) is 2. The van der Waals surface area contributed by atoms with Crippen LogP contribution in [0.3, 0.4) is 0 Å². The lowest BCUT2D eigenvalue weighted by Gasteiger charge is -2.08. The highest BCUT2D eigenvalue weighted by Gasteiger charge is 2.14. The van der Waals surface area contributed by atoms with Crippen molar-refractivity contribution < 1.29 is 14.7 Å². The molecule has 0 aliphatic carbocycles. The van der Waals surface area contributed by atoms with E-state index in [0.717, 1.165) is 0 Å². The first-order valence-electron chi connectivity index (χ1n) is 5.88. The molecule has 0 aliphatic heterocycles. The first-order chi connectivity index (χ1) is 9.47. The molecular formula is C15H12ClNO3. The number of halogens is 1. The number of aromatic hydroxyl groups is 1. The molecule has 0 radical (unpaired) electrons. The average Bonchev–Trinajstić information content (AvgIpc) is 2.40. The Morgan fingerprint density at radius 3 is 2.35 bits per heavy atom. The minimum atomic E-state index is -0.341. The van der Waals surface area contributed by atoms with Crippen LogP contribution in [0.25, 0.3) is 0 Å². The normalized spacial score (nSPS) is 10.1. The van der Waals surface area contributed by atoms with Gasteiger partial charge in [-0.15, -0.1) is 0 Å². The summed E-state index contributed by atoms with van der Waals surface area (Å²) in [6, 6.07) is 10.7. The van der Waals surface area contributed by atoms with Gasteiger partial charge in [-0.1, -0.05) is 11.6 Å². The van der Waals surface area contributed by atoms with Crippen LogP contribution in [0.1, 0.15) is 22.8 Å². The van der Waals surface area contributed by atoms with Gasteiger partial charge in [-0.05, 0) is 42.5 Å². The Labute approximate surface area is 121 Å². The monoisotopic (exact) mass is 289 g/mol. The second-order valence-electron chi connectivity index (χ2n) is 4.25. The molecule has 2 N–H and O–H groups in total. The molecule has 0 saturated heterocycles. The van der Waals surface area contributed by atoms with E-state index in [1.54, 1.807) is 24.3 Å². The molecule has 0 aromatic heterocycles. The molecule has 0 fully saturated rings. The van der Waals surface area contributed by atoms with Gasteiger partial charge in [0.25, 0.3) is 0 Å². The SMILES string of the molecule is CC(=O)Nc1ccc(O)c(C(=O)c2ccc(Cl)cc2)c1. The van der Waals surface area contributed by atoms with E-state index in [0.29, 0.717) is 16.3 Å². The molecule has 1 amide bonds. The first kappa shape index (κ1) is 14.1. The summed E-state index contributed by atoms with van der Waals surface area (Å²) in [5, 5.41) is 12.9. The lowest BCUT2D eigenvalue weighted by Crippen LogP contribution is -2.07. The summed E-state index contributed by atoms with van der Waals surface area (Å²) in [7, 11) is 0. The lowest BCUT2D eigenvalue weighted by atomic mass is 10.0. The lowest BCUT2D eigenvalue weighted by molar-refractivity contribution is -0.114. The fourth-order valence-corrected chi connectivity index (χ4v) is 1.88. The number of ketones is 1. The molecule has 5 heteroatoms. The summed E-state index contributed by atoms with van der Waals surface area (Å²) in [5.41, 5.74) is 0.982. The number of phenolic OH excluding ortho intramolecular Hbond substituents is 1. The van der Waals surface area contributed by atoms with Crippen LogP contribution in [0.15, 0.2) is 42.5 Å². The average molecular weight is 290 g/mol. The number of phenols is 1. The maximum atomic E-state index is 12.3. The molecule has 0 saturated carbocycles. The van der Waals surface area contributed by atoms with Crippen LogP contribution in [-0.2, 0) is 4.79 Å². The van der Waals surface area contributed by atoms with Crippen molar-refractivity contribution in [2.45, 2.75) is 6.92 Å². The molecule has 0 bridgehead atoms. The first-order valence-corrected chi connectivity index (χ1v) is 6.26. The highest BCUT2D eigenvalue weighted by molar-refractivity contribution is 6.30. The van der Waals surface area contributed by atoms with Gasteiger partial charge in [0.1, 0.15) is 5.75 Å². The second-order valence-corrected chi connectivity index (χ2v) is 4.69. The fourth-order valence-electron chi connectivity index (χ4n) is 1.76. The number of nitrogens with one attached hydrogen (secondary N) is 1. The van der Waals surface area contributed by atoms with Crippen molar-refractivity contribution in [2.75, 3.05) is 5.32 Å². The third kappa shape index (κ3) is 3.16. The van der Waals surface area contributed by atoms with Crippen molar-refractivity contribution in [3.05, 3.63) is 58.6 Å². The van der Waals surface area contributed by atoms with Crippen molar-refractivity contribution in [3.8, 4) is 5.75 Å². The number of hydrogen-bond acceptors (Lipinski definition) is 3. The molecule has 102 valence electrons. The van der Waals surface area contributed by atoms with Crippen LogP contribution in [0.2, 0.25) is 5.02 Å². The molecule has 0 heterocycles. The fraction of sp³-hybridized carbons (Fsp3) is 0.0667. The van der Waals surface area contributed by atoms with Crippen LogP contribution in [0.5, 0.6) is 5.75 Å². The maximum Gasteiger partial charge on any atom is 0.221 e. The number of carbonyl (C=O) groups excluding carboxylic acids is 2. The largest absolute Gasteiger partial charge is 0.507 e. The summed E-state index contributed by atoms with van der Waals surface area (Å²) in [6.45, 7) is 1.37. The van der Waals surface area contributed by atoms with E-state index < -0.39 is 0 Å². The Morgan fingerprint density at radius 2 is 1.75 bits per heavy atom. The van der Waals surface area contributed by atoms with E-state index in [1.165, 1.54) is 25.1 Å². The molecule has 0 atom stereocenters. The van der Waals surface area contributed by atoms with Gasteiger partial charge in [0.2, 0.25) is 5.91 Å². The number of rotatable bonds is 3. The quantitative estimate of drug-likeness (QED) is 0.673. The van der Waals surface area contributed by atoms with Gasteiger partial charge >= 0.3 is 0 Å². The van der Waals surface area contributed by atoms with Crippen molar-refractivity contribution in [3.63, 3.8) is 0 Å². The van der Waals surface area contributed by atoms with Crippen molar-refractivity contribution in [2.24, 2.45) is 0 Å². The highest BCUT2D eigenvalue weighted by atomic mass is 35.5. The molecule has 0 unspecified atom stereocenters. The topological polar surface area (TPSA) is 66.4 Å². The van der Waals surface area contributed by atoms with Gasteiger partial charge in [0.05, 0.1) is 5.56 Å². The van der Waals surface area contributed by atoms with Crippen molar-refractivity contribution >= 4 is 29.0 Å². The molecular weight excluding hydrogens is 278 g/mol. The Hall–Kier alpha value is -2.33. The standard InChI is InChI=1S/C15H12ClNO3/c1-9(18)17-12-6-7-14(19)13(8-12)15(20)10-2-4-11(16)5-3-10/h2-8,19H,1H3,(H,17,18). The molecule has 4 nitrogen and oxygen atoms in total. The Bertz CT molecular complexity index is 665. The predicted octanol–water partition coefficient (Wildman–Crippen LogP) is 3.24. The molecule has 2 aromatic rings. The summed E-state index contributed by atoms with van der Waals surface area (Å²) in [5.74, 6) is -0.731. The maximum absolute atomic E-state index is 12.3. The molecule has 0 spiro atoms. The van der Waals surface area contributed by atoms with Crippen molar-refractivity contribution in [1.82, 2.24) is 0 Å². The Balaban J connectivity index is 2.38. The minimum absolute atomic E-state index is 0.124. The van der Waals surface area contributed by atoms with Crippen LogP contribution in [0, 0.1) is 0 Å². The van der Waals surface area contributed by atoms with Gasteiger partial charge in [0.15, 0.2) is 5.78 Å². The number of benzene rings is 2. The second kappa shape index (κ2) is 5.75. The predicted molar refractivity (Wildman–Crippen MR) is 77.3 cm³/mol.